The van der Waals surface area contributed by atoms with Crippen LogP contribution in [0.3, 0.4) is 0 Å². The van der Waals surface area contributed by atoms with Gasteiger partial charge in [-0.05, 0) is 36.6 Å². The van der Waals surface area contributed by atoms with Gasteiger partial charge in [-0.15, -0.1) is 0 Å². The molecule has 0 amide bonds. The zero-order valence-corrected chi connectivity index (χ0v) is 27.5. The molecule has 6 rings (SSSR count). The highest BCUT2D eigenvalue weighted by atomic mass is 28.3. The number of alkyl halides is 3. The summed E-state index contributed by atoms with van der Waals surface area (Å²) in [6.45, 7) is 7.39. The molecule has 1 aliphatic carbocycles. The van der Waals surface area contributed by atoms with Crippen molar-refractivity contribution in [3.63, 3.8) is 0 Å². The molecule has 1 saturated carbocycles. The maximum absolute atomic E-state index is 15.4. The van der Waals surface area contributed by atoms with Crippen LogP contribution in [0, 0.1) is 11.6 Å². The number of benzene rings is 1. The largest absolute Gasteiger partial charge is 0.480 e. The fourth-order valence-electron chi connectivity index (χ4n) is 5.27. The lowest BCUT2D eigenvalue weighted by Gasteiger charge is -2.15. The van der Waals surface area contributed by atoms with E-state index >= 15 is 8.78 Å². The second-order valence-corrected chi connectivity index (χ2v) is 18.4. The van der Waals surface area contributed by atoms with Crippen LogP contribution in [0.15, 0.2) is 30.9 Å². The summed E-state index contributed by atoms with van der Waals surface area (Å²) in [5, 5.41) is 4.70. The lowest BCUT2D eigenvalue weighted by molar-refractivity contribution is -0.140. The Labute approximate surface area is 268 Å². The molecule has 1 aromatic carbocycles. The van der Waals surface area contributed by atoms with Crippen molar-refractivity contribution in [2.24, 2.45) is 7.05 Å². The molecule has 0 saturated heterocycles. The van der Waals surface area contributed by atoms with E-state index in [4.69, 9.17) is 19.6 Å². The van der Waals surface area contributed by atoms with Crippen LogP contribution in [-0.4, -0.2) is 61.1 Å². The molecular weight excluding hydrogens is 639 g/mol. The van der Waals surface area contributed by atoms with Gasteiger partial charge in [0, 0.05) is 40.3 Å². The van der Waals surface area contributed by atoms with Gasteiger partial charge >= 0.3 is 6.18 Å². The first kappa shape index (κ1) is 32.6. The fraction of sp³-hybridized carbons (Fsp3) is 0.419. The Morgan fingerprint density at radius 3 is 2.34 bits per heavy atom. The lowest BCUT2D eigenvalue weighted by Crippen LogP contribution is -2.22. The van der Waals surface area contributed by atoms with Gasteiger partial charge in [0.2, 0.25) is 5.88 Å². The zero-order chi connectivity index (χ0) is 33.7. The molecule has 4 heterocycles. The number of rotatable bonds is 11. The van der Waals surface area contributed by atoms with E-state index in [0.29, 0.717) is 46.8 Å². The van der Waals surface area contributed by atoms with Crippen molar-refractivity contribution in [2.45, 2.75) is 63.8 Å². The Bertz CT molecular complexity index is 1930. The number of hydrogen-bond donors (Lipinski definition) is 0. The molecular formula is C31H33F5N8O2Si. The molecule has 47 heavy (non-hydrogen) atoms. The molecule has 0 radical (unpaired) electrons. The van der Waals surface area contributed by atoms with Crippen molar-refractivity contribution in [3.05, 3.63) is 65.1 Å². The van der Waals surface area contributed by atoms with Gasteiger partial charge in [0.15, 0.2) is 11.5 Å². The van der Waals surface area contributed by atoms with Gasteiger partial charge < -0.3 is 14.0 Å². The first-order valence-electron chi connectivity index (χ1n) is 15.0. The quantitative estimate of drug-likeness (QED) is 0.0861. The minimum absolute atomic E-state index is 0.0464. The van der Waals surface area contributed by atoms with Crippen molar-refractivity contribution >= 4 is 19.1 Å². The lowest BCUT2D eigenvalue weighted by atomic mass is 10.0. The summed E-state index contributed by atoms with van der Waals surface area (Å²) in [6.07, 6.45) is 0.866. The first-order chi connectivity index (χ1) is 22.2. The van der Waals surface area contributed by atoms with Crippen LogP contribution >= 0.6 is 0 Å². The molecule has 0 spiro atoms. The van der Waals surface area contributed by atoms with E-state index < -0.39 is 43.0 Å². The van der Waals surface area contributed by atoms with E-state index in [2.05, 4.69) is 39.6 Å². The van der Waals surface area contributed by atoms with Crippen molar-refractivity contribution in [3.8, 4) is 28.7 Å². The molecule has 4 aromatic heterocycles. The van der Waals surface area contributed by atoms with Crippen LogP contribution in [0.5, 0.6) is 5.88 Å². The normalized spacial score (nSPS) is 13.9. The number of fused-ring (bicyclic) bond motifs is 1. The topological polar surface area (TPSA) is 106 Å². The molecule has 16 heteroatoms. The zero-order valence-electron chi connectivity index (χ0n) is 26.5. The van der Waals surface area contributed by atoms with Crippen LogP contribution < -0.4 is 4.74 Å². The maximum atomic E-state index is 15.4. The number of halogens is 5. The molecule has 0 N–H and O–H groups in total. The average Bonchev–Trinajstić information content (AvgIpc) is 3.69. The summed E-state index contributed by atoms with van der Waals surface area (Å²) in [5.74, 6) is -1.72. The summed E-state index contributed by atoms with van der Waals surface area (Å²) in [7, 11) is 1.40. The average molecular weight is 673 g/mol. The molecule has 10 nitrogen and oxygen atoms in total. The fourth-order valence-corrected chi connectivity index (χ4v) is 6.03. The molecule has 248 valence electrons. The predicted molar refractivity (Wildman–Crippen MR) is 165 cm³/mol. The van der Waals surface area contributed by atoms with E-state index in [0.717, 1.165) is 41.3 Å². The molecule has 0 aliphatic heterocycles. The van der Waals surface area contributed by atoms with Crippen LogP contribution in [0.4, 0.5) is 22.0 Å². The molecule has 1 aliphatic rings. The second-order valence-electron chi connectivity index (χ2n) is 12.8. The van der Waals surface area contributed by atoms with Crippen molar-refractivity contribution in [2.75, 3.05) is 13.7 Å². The Hall–Kier alpha value is -4.31. The Balaban J connectivity index is 1.39. The van der Waals surface area contributed by atoms with Gasteiger partial charge in [-0.1, -0.05) is 19.6 Å². The van der Waals surface area contributed by atoms with Gasteiger partial charge in [-0.2, -0.15) is 18.3 Å². The van der Waals surface area contributed by atoms with Crippen molar-refractivity contribution < 1.29 is 31.4 Å². The minimum Gasteiger partial charge on any atom is -0.480 e. The molecule has 0 atom stereocenters. The molecule has 0 unspecified atom stereocenters. The second kappa shape index (κ2) is 12.4. The predicted octanol–water partition coefficient (Wildman–Crippen LogP) is 6.77. The van der Waals surface area contributed by atoms with Crippen LogP contribution in [0.25, 0.3) is 33.8 Å². The summed E-state index contributed by atoms with van der Waals surface area (Å²) >= 11 is 0. The van der Waals surface area contributed by atoms with Crippen molar-refractivity contribution in [1.82, 2.24) is 39.3 Å². The van der Waals surface area contributed by atoms with Crippen LogP contribution in [0.1, 0.15) is 41.4 Å². The van der Waals surface area contributed by atoms with E-state index in [1.54, 1.807) is 10.9 Å². The highest BCUT2D eigenvalue weighted by molar-refractivity contribution is 6.76. The number of aryl methyl sites for hydroxylation is 1. The number of nitrogens with zero attached hydrogens (tertiary/aromatic N) is 8. The Morgan fingerprint density at radius 2 is 1.72 bits per heavy atom. The number of ether oxygens (including phenoxy) is 2. The third kappa shape index (κ3) is 6.88. The highest BCUT2D eigenvalue weighted by Crippen LogP contribution is 2.45. The maximum Gasteiger partial charge on any atom is 0.434 e. The highest BCUT2D eigenvalue weighted by Gasteiger charge is 2.35. The van der Waals surface area contributed by atoms with Gasteiger partial charge in [0.25, 0.3) is 0 Å². The van der Waals surface area contributed by atoms with Crippen LogP contribution in [0.2, 0.25) is 25.7 Å². The molecule has 0 bridgehead atoms. The monoisotopic (exact) mass is 672 g/mol. The number of hydrogen-bond acceptors (Lipinski definition) is 8. The summed E-state index contributed by atoms with van der Waals surface area (Å²) < 4.78 is 84.6. The van der Waals surface area contributed by atoms with Gasteiger partial charge in [-0.3, -0.25) is 0 Å². The molecule has 5 aromatic rings. The third-order valence-electron chi connectivity index (χ3n) is 7.86. The van der Waals surface area contributed by atoms with E-state index in [1.807, 2.05) is 0 Å². The Kier molecular flexibility index (Phi) is 8.59. The minimum atomic E-state index is -4.77. The van der Waals surface area contributed by atoms with Gasteiger partial charge in [0.05, 0.1) is 30.3 Å². The number of imidazole rings is 1. The summed E-state index contributed by atoms with van der Waals surface area (Å²) in [6, 6.07) is 3.08. The summed E-state index contributed by atoms with van der Waals surface area (Å²) in [5.41, 5.74) is 1.01. The SMILES string of the molecule is COc1ncnc(C2CC2)c1-c1ncc2c(n1)c(Cc1cc(F)c(-c3nc(C(F)(F)F)cn3C)c(F)c1)nn2COCC[Si](C)(C)C. The van der Waals surface area contributed by atoms with Gasteiger partial charge in [-0.25, -0.2) is 38.4 Å². The number of aromatic nitrogens is 8. The van der Waals surface area contributed by atoms with Gasteiger partial charge in [0.1, 0.15) is 47.1 Å². The first-order valence-corrected chi connectivity index (χ1v) is 18.7. The standard InChI is InChI=1S/C31H33F5N8O2Si/c1-43-14-23(31(34,35)36)40-29(43)24-19(32)10-17(11-20(24)33)12-21-27-22(44(42-21)16-46-8-9-47(3,4)5)13-37-28(41-27)25-26(18-6-7-18)38-15-39-30(25)45-2/h10-11,13-15,18H,6-9,12,16H2,1-5H3. The Morgan fingerprint density at radius 1 is 1.00 bits per heavy atom. The van der Waals surface area contributed by atoms with Crippen LogP contribution in [-0.2, 0) is 31.1 Å². The van der Waals surface area contributed by atoms with E-state index in [1.165, 1.54) is 20.5 Å². The van der Waals surface area contributed by atoms with Crippen molar-refractivity contribution in [1.29, 1.82) is 0 Å². The number of methoxy groups -OCH3 is 1. The van der Waals surface area contributed by atoms with E-state index in [9.17, 15) is 13.2 Å². The third-order valence-corrected chi connectivity index (χ3v) is 9.56. The molecule has 1 fully saturated rings. The summed E-state index contributed by atoms with van der Waals surface area (Å²) in [4.78, 5) is 21.7. The smallest absolute Gasteiger partial charge is 0.434 e. The van der Waals surface area contributed by atoms with E-state index in [-0.39, 0.29) is 24.6 Å².